The molecule has 0 saturated heterocycles. The monoisotopic (exact) mass is 377 g/mol. The number of carbonyl (C=O) groups excluding carboxylic acids is 1. The molecular weight excluding hydrogens is 353 g/mol. The minimum absolute atomic E-state index is 0.0385. The van der Waals surface area contributed by atoms with E-state index in [0.717, 1.165) is 31.5 Å². The molecule has 0 spiro atoms. The summed E-state index contributed by atoms with van der Waals surface area (Å²) in [7, 11) is 2.01. The molecule has 2 aromatic rings. The zero-order valence-electron chi connectivity index (χ0n) is 15.0. The predicted octanol–water partition coefficient (Wildman–Crippen LogP) is 4.89. The Morgan fingerprint density at radius 2 is 1.69 bits per heavy atom. The van der Waals surface area contributed by atoms with Crippen LogP contribution in [0.4, 0.5) is 4.39 Å². The van der Waals surface area contributed by atoms with Gasteiger partial charge in [0.15, 0.2) is 5.78 Å². The number of hydrogen-bond donors (Lipinski definition) is 1. The normalized spacial score (nSPS) is 12.3. The number of rotatable bonds is 10. The molecule has 0 heterocycles. The first-order valence-electron chi connectivity index (χ1n) is 8.86. The SMILES string of the molecule is CN(CCCC(=O)c1ccc(F)cc1)CCCC(O)c1ccc(Cl)cc1. The first-order valence-corrected chi connectivity index (χ1v) is 9.24. The Balaban J connectivity index is 1.62. The lowest BCUT2D eigenvalue weighted by atomic mass is 10.0. The number of nitrogens with zero attached hydrogens (tertiary/aromatic N) is 1. The van der Waals surface area contributed by atoms with E-state index >= 15 is 0 Å². The number of carbonyl (C=O) groups is 1. The van der Waals surface area contributed by atoms with Gasteiger partial charge in [0.25, 0.3) is 0 Å². The van der Waals surface area contributed by atoms with Crippen LogP contribution in [0.5, 0.6) is 0 Å². The Labute approximate surface area is 159 Å². The van der Waals surface area contributed by atoms with Crippen molar-refractivity contribution in [3.63, 3.8) is 0 Å². The third kappa shape index (κ3) is 6.87. The van der Waals surface area contributed by atoms with Crippen LogP contribution in [-0.2, 0) is 0 Å². The molecule has 140 valence electrons. The summed E-state index contributed by atoms with van der Waals surface area (Å²) in [5.74, 6) is -0.293. The molecule has 0 saturated carbocycles. The van der Waals surface area contributed by atoms with E-state index in [1.54, 1.807) is 12.1 Å². The van der Waals surface area contributed by atoms with Crippen molar-refractivity contribution in [1.29, 1.82) is 0 Å². The van der Waals surface area contributed by atoms with Gasteiger partial charge in [-0.25, -0.2) is 4.39 Å². The average molecular weight is 378 g/mol. The van der Waals surface area contributed by atoms with E-state index in [9.17, 15) is 14.3 Å². The van der Waals surface area contributed by atoms with Crippen molar-refractivity contribution in [3.05, 3.63) is 70.5 Å². The molecule has 0 radical (unpaired) electrons. The highest BCUT2D eigenvalue weighted by Gasteiger charge is 2.09. The fourth-order valence-electron chi connectivity index (χ4n) is 2.81. The van der Waals surface area contributed by atoms with Crippen LogP contribution >= 0.6 is 11.6 Å². The Bertz CT molecular complexity index is 688. The van der Waals surface area contributed by atoms with Gasteiger partial charge in [-0.1, -0.05) is 23.7 Å². The Kier molecular flexibility index (Phi) is 8.23. The maximum absolute atomic E-state index is 12.9. The fourth-order valence-corrected chi connectivity index (χ4v) is 2.93. The topological polar surface area (TPSA) is 40.5 Å². The van der Waals surface area contributed by atoms with Gasteiger partial charge in [0.1, 0.15) is 5.82 Å². The number of aliphatic hydroxyl groups is 1. The molecule has 0 aromatic heterocycles. The minimum atomic E-state index is -0.485. The second-order valence-corrected chi connectivity index (χ2v) is 6.98. The molecule has 0 aliphatic rings. The van der Waals surface area contributed by atoms with E-state index < -0.39 is 6.10 Å². The Morgan fingerprint density at radius 3 is 2.35 bits per heavy atom. The zero-order valence-corrected chi connectivity index (χ0v) is 15.8. The molecule has 1 unspecified atom stereocenters. The summed E-state index contributed by atoms with van der Waals surface area (Å²) in [6, 6.07) is 12.9. The van der Waals surface area contributed by atoms with Gasteiger partial charge < -0.3 is 10.0 Å². The molecule has 3 nitrogen and oxygen atoms in total. The maximum atomic E-state index is 12.9. The summed E-state index contributed by atoms with van der Waals surface area (Å²) in [4.78, 5) is 14.2. The van der Waals surface area contributed by atoms with Crippen LogP contribution in [0.3, 0.4) is 0 Å². The van der Waals surface area contributed by atoms with E-state index in [2.05, 4.69) is 4.90 Å². The number of halogens is 2. The molecule has 2 aromatic carbocycles. The fraction of sp³-hybridized carbons (Fsp3) is 0.381. The molecule has 1 atom stereocenters. The molecule has 2 rings (SSSR count). The van der Waals surface area contributed by atoms with Crippen LogP contribution < -0.4 is 0 Å². The minimum Gasteiger partial charge on any atom is -0.388 e. The van der Waals surface area contributed by atoms with Crippen molar-refractivity contribution in [2.75, 3.05) is 20.1 Å². The second kappa shape index (κ2) is 10.4. The number of aliphatic hydroxyl groups excluding tert-OH is 1. The smallest absolute Gasteiger partial charge is 0.162 e. The van der Waals surface area contributed by atoms with Gasteiger partial charge in [-0.3, -0.25) is 4.79 Å². The zero-order chi connectivity index (χ0) is 18.9. The summed E-state index contributed by atoms with van der Waals surface area (Å²) >= 11 is 5.85. The van der Waals surface area contributed by atoms with E-state index in [-0.39, 0.29) is 11.6 Å². The number of benzene rings is 2. The van der Waals surface area contributed by atoms with Crippen molar-refractivity contribution in [2.45, 2.75) is 31.8 Å². The third-order valence-electron chi connectivity index (χ3n) is 4.38. The van der Waals surface area contributed by atoms with E-state index in [1.807, 2.05) is 19.2 Å². The molecular formula is C21H25ClFNO2. The van der Waals surface area contributed by atoms with Crippen LogP contribution in [0, 0.1) is 5.82 Å². The lowest BCUT2D eigenvalue weighted by Crippen LogP contribution is -2.22. The Hall–Kier alpha value is -1.75. The van der Waals surface area contributed by atoms with E-state index in [0.29, 0.717) is 23.4 Å². The summed E-state index contributed by atoms with van der Waals surface area (Å²) in [6.45, 7) is 1.67. The lowest BCUT2D eigenvalue weighted by Gasteiger charge is -2.17. The van der Waals surface area contributed by atoms with Crippen molar-refractivity contribution < 1.29 is 14.3 Å². The van der Waals surface area contributed by atoms with Gasteiger partial charge in [-0.15, -0.1) is 0 Å². The highest BCUT2D eigenvalue weighted by molar-refractivity contribution is 6.30. The standard InChI is InChI=1S/C21H25ClFNO2/c1-24(14-2-4-20(25)16-6-10-18(22)11-7-16)15-3-5-21(26)17-8-12-19(23)13-9-17/h6-13,20,25H,2-5,14-15H2,1H3. The van der Waals surface area contributed by atoms with E-state index in [4.69, 9.17) is 11.6 Å². The van der Waals surface area contributed by atoms with Crippen LogP contribution in [0.25, 0.3) is 0 Å². The number of ketones is 1. The van der Waals surface area contributed by atoms with Crippen molar-refractivity contribution >= 4 is 17.4 Å². The highest BCUT2D eigenvalue weighted by Crippen LogP contribution is 2.20. The van der Waals surface area contributed by atoms with Crippen molar-refractivity contribution in [1.82, 2.24) is 4.90 Å². The first kappa shape index (κ1) is 20.6. The second-order valence-electron chi connectivity index (χ2n) is 6.55. The molecule has 5 heteroatoms. The molecule has 0 aliphatic heterocycles. The lowest BCUT2D eigenvalue weighted by molar-refractivity contribution is 0.0976. The summed E-state index contributed by atoms with van der Waals surface area (Å²) in [6.07, 6.45) is 2.27. The van der Waals surface area contributed by atoms with Crippen LogP contribution in [0.15, 0.2) is 48.5 Å². The molecule has 1 N–H and O–H groups in total. The third-order valence-corrected chi connectivity index (χ3v) is 4.63. The van der Waals surface area contributed by atoms with Crippen LogP contribution in [0.2, 0.25) is 5.02 Å². The van der Waals surface area contributed by atoms with Crippen LogP contribution in [0.1, 0.15) is 47.7 Å². The summed E-state index contributed by atoms with van der Waals surface area (Å²) in [5, 5.41) is 10.8. The molecule has 0 aliphatic carbocycles. The summed E-state index contributed by atoms with van der Waals surface area (Å²) in [5.41, 5.74) is 1.43. The van der Waals surface area contributed by atoms with Gasteiger partial charge in [0.05, 0.1) is 6.10 Å². The van der Waals surface area contributed by atoms with Crippen LogP contribution in [-0.4, -0.2) is 35.9 Å². The molecule has 0 fully saturated rings. The largest absolute Gasteiger partial charge is 0.388 e. The number of Topliss-reactive ketones (excluding diaryl/α,β-unsaturated/α-hetero) is 1. The van der Waals surface area contributed by atoms with Gasteiger partial charge in [-0.2, -0.15) is 0 Å². The molecule has 0 amide bonds. The van der Waals surface area contributed by atoms with Gasteiger partial charge in [0.2, 0.25) is 0 Å². The summed E-state index contributed by atoms with van der Waals surface area (Å²) < 4.78 is 12.9. The maximum Gasteiger partial charge on any atom is 0.162 e. The van der Waals surface area contributed by atoms with Crippen molar-refractivity contribution in [3.8, 4) is 0 Å². The molecule has 26 heavy (non-hydrogen) atoms. The first-order chi connectivity index (χ1) is 12.5. The number of hydrogen-bond acceptors (Lipinski definition) is 3. The Morgan fingerprint density at radius 1 is 1.08 bits per heavy atom. The van der Waals surface area contributed by atoms with Gasteiger partial charge >= 0.3 is 0 Å². The molecule has 0 bridgehead atoms. The predicted molar refractivity (Wildman–Crippen MR) is 103 cm³/mol. The van der Waals surface area contributed by atoms with Gasteiger partial charge in [-0.05, 0) is 81.4 Å². The highest BCUT2D eigenvalue weighted by atomic mass is 35.5. The van der Waals surface area contributed by atoms with Gasteiger partial charge in [0, 0.05) is 17.0 Å². The van der Waals surface area contributed by atoms with E-state index in [1.165, 1.54) is 24.3 Å². The van der Waals surface area contributed by atoms with Crippen molar-refractivity contribution in [2.24, 2.45) is 0 Å². The quantitative estimate of drug-likeness (QED) is 0.599. The average Bonchev–Trinajstić information content (AvgIpc) is 2.62.